The zero-order chi connectivity index (χ0) is 19.0. The molecular weight excluding hydrogens is 334 g/mol. The molecule has 0 aliphatic carbocycles. The second kappa shape index (κ2) is 7.22. The predicted molar refractivity (Wildman–Crippen MR) is 113 cm³/mol. The van der Waals surface area contributed by atoms with Gasteiger partial charge in [-0.1, -0.05) is 18.2 Å². The standard InChI is InChI=1S/C24H27NO2/c1-4-9-16(5-2)19(6-3)21-15-18-14-17-10-7-12-25-13-8-11-20(22(17)25)23(18)27-24(21)26/h4-6,14-16H,1-2,7-13H2,3H3. The zero-order valence-electron chi connectivity index (χ0n) is 16.1. The van der Waals surface area contributed by atoms with E-state index in [2.05, 4.69) is 24.1 Å². The molecule has 0 bridgehead atoms. The van der Waals surface area contributed by atoms with E-state index in [1.807, 2.05) is 31.2 Å². The average Bonchev–Trinajstić information content (AvgIpc) is 2.69. The quantitative estimate of drug-likeness (QED) is 0.537. The topological polar surface area (TPSA) is 33.5 Å². The first kappa shape index (κ1) is 17.8. The molecule has 0 saturated carbocycles. The lowest BCUT2D eigenvalue weighted by Gasteiger charge is -2.37. The number of hydrogen-bond acceptors (Lipinski definition) is 3. The molecular formula is C24H27NO2. The molecule has 2 aromatic rings. The Morgan fingerprint density at radius 3 is 2.74 bits per heavy atom. The average molecular weight is 361 g/mol. The fourth-order valence-electron chi connectivity index (χ4n) is 4.75. The summed E-state index contributed by atoms with van der Waals surface area (Å²) in [7, 11) is 0. The van der Waals surface area contributed by atoms with Crippen molar-refractivity contribution < 1.29 is 4.42 Å². The molecule has 1 unspecified atom stereocenters. The van der Waals surface area contributed by atoms with Crippen molar-refractivity contribution in [3.8, 4) is 0 Å². The van der Waals surface area contributed by atoms with E-state index in [1.54, 1.807) is 0 Å². The molecule has 140 valence electrons. The number of aryl methyl sites for hydroxylation is 2. The molecule has 4 rings (SSSR count). The highest BCUT2D eigenvalue weighted by molar-refractivity contribution is 5.90. The summed E-state index contributed by atoms with van der Waals surface area (Å²) in [5.41, 5.74) is 6.10. The highest BCUT2D eigenvalue weighted by Gasteiger charge is 2.27. The van der Waals surface area contributed by atoms with Crippen molar-refractivity contribution in [2.24, 2.45) is 5.92 Å². The van der Waals surface area contributed by atoms with Crippen LogP contribution in [0.4, 0.5) is 5.69 Å². The summed E-state index contributed by atoms with van der Waals surface area (Å²) >= 11 is 0. The van der Waals surface area contributed by atoms with E-state index in [0.717, 1.165) is 55.3 Å². The summed E-state index contributed by atoms with van der Waals surface area (Å²) in [6.45, 7) is 12.0. The maximum Gasteiger partial charge on any atom is 0.343 e. The van der Waals surface area contributed by atoms with Crippen molar-refractivity contribution in [3.63, 3.8) is 0 Å². The van der Waals surface area contributed by atoms with E-state index < -0.39 is 0 Å². The summed E-state index contributed by atoms with van der Waals surface area (Å²) in [6.07, 6.45) is 10.9. The molecule has 1 atom stereocenters. The fourth-order valence-corrected chi connectivity index (χ4v) is 4.75. The Bertz CT molecular complexity index is 994. The lowest BCUT2D eigenvalue weighted by molar-refractivity contribution is 0.546. The molecule has 0 fully saturated rings. The van der Waals surface area contributed by atoms with Crippen LogP contribution in [0, 0.1) is 5.92 Å². The van der Waals surface area contributed by atoms with Gasteiger partial charge in [0.2, 0.25) is 0 Å². The van der Waals surface area contributed by atoms with Gasteiger partial charge in [-0.15, -0.1) is 13.2 Å². The molecule has 0 amide bonds. The van der Waals surface area contributed by atoms with Crippen molar-refractivity contribution in [2.75, 3.05) is 18.0 Å². The van der Waals surface area contributed by atoms with Crippen LogP contribution >= 0.6 is 0 Å². The van der Waals surface area contributed by atoms with E-state index in [-0.39, 0.29) is 11.5 Å². The van der Waals surface area contributed by atoms with Gasteiger partial charge in [-0.25, -0.2) is 4.79 Å². The van der Waals surface area contributed by atoms with E-state index in [1.165, 1.54) is 23.2 Å². The van der Waals surface area contributed by atoms with Crippen LogP contribution in [-0.2, 0) is 12.8 Å². The lowest BCUT2D eigenvalue weighted by Crippen LogP contribution is -2.34. The molecule has 1 aromatic heterocycles. The second-order valence-corrected chi connectivity index (χ2v) is 7.53. The van der Waals surface area contributed by atoms with Crippen LogP contribution in [0.5, 0.6) is 0 Å². The SMILES string of the molecule is C=CCC(C=C)C(=CC)c1cc2cc3c4c(c2oc1=O)CCCN4CCC3. The molecule has 0 N–H and O–H groups in total. The Labute approximate surface area is 160 Å². The first-order valence-corrected chi connectivity index (χ1v) is 9.95. The Hall–Kier alpha value is -2.55. The van der Waals surface area contributed by atoms with Gasteiger partial charge >= 0.3 is 5.63 Å². The smallest absolute Gasteiger partial charge is 0.343 e. The first-order chi connectivity index (χ1) is 13.2. The maximum absolute atomic E-state index is 12.9. The molecule has 3 heterocycles. The molecule has 2 aliphatic heterocycles. The van der Waals surface area contributed by atoms with Crippen LogP contribution in [0.25, 0.3) is 16.5 Å². The van der Waals surface area contributed by atoms with Crippen LogP contribution in [0.15, 0.2) is 52.7 Å². The molecule has 27 heavy (non-hydrogen) atoms. The predicted octanol–water partition coefficient (Wildman–Crippen LogP) is 5.27. The minimum atomic E-state index is -0.254. The summed E-state index contributed by atoms with van der Waals surface area (Å²) in [5, 5.41) is 1.04. The van der Waals surface area contributed by atoms with Crippen LogP contribution in [-0.4, -0.2) is 13.1 Å². The Morgan fingerprint density at radius 2 is 2.04 bits per heavy atom. The van der Waals surface area contributed by atoms with Gasteiger partial charge in [-0.2, -0.15) is 0 Å². The fraction of sp³-hybridized carbons (Fsp3) is 0.375. The maximum atomic E-state index is 12.9. The van der Waals surface area contributed by atoms with Crippen molar-refractivity contribution >= 4 is 22.2 Å². The van der Waals surface area contributed by atoms with E-state index in [4.69, 9.17) is 4.42 Å². The van der Waals surface area contributed by atoms with Crippen molar-refractivity contribution in [1.29, 1.82) is 0 Å². The molecule has 3 heteroatoms. The monoisotopic (exact) mass is 361 g/mol. The van der Waals surface area contributed by atoms with Crippen LogP contribution < -0.4 is 10.5 Å². The Kier molecular flexibility index (Phi) is 4.77. The van der Waals surface area contributed by atoms with Gasteiger partial charge in [-0.05, 0) is 62.3 Å². The highest BCUT2D eigenvalue weighted by atomic mass is 16.4. The zero-order valence-corrected chi connectivity index (χ0v) is 16.1. The number of benzene rings is 1. The molecule has 1 aromatic carbocycles. The van der Waals surface area contributed by atoms with Gasteiger partial charge in [-0.3, -0.25) is 0 Å². The van der Waals surface area contributed by atoms with Gasteiger partial charge in [0, 0.05) is 35.6 Å². The summed E-state index contributed by atoms with van der Waals surface area (Å²) in [5.74, 6) is 0.0688. The van der Waals surface area contributed by atoms with Crippen molar-refractivity contribution in [2.45, 2.75) is 39.0 Å². The van der Waals surface area contributed by atoms with E-state index in [0.29, 0.717) is 5.56 Å². The minimum Gasteiger partial charge on any atom is -0.422 e. The largest absolute Gasteiger partial charge is 0.422 e. The summed E-state index contributed by atoms with van der Waals surface area (Å²) < 4.78 is 5.94. The Morgan fingerprint density at radius 1 is 1.26 bits per heavy atom. The van der Waals surface area contributed by atoms with E-state index >= 15 is 0 Å². The normalized spacial score (nSPS) is 17.5. The number of allylic oxidation sites excluding steroid dienone is 4. The van der Waals surface area contributed by atoms with Gasteiger partial charge < -0.3 is 9.32 Å². The Balaban J connectivity index is 1.92. The molecule has 0 saturated heterocycles. The van der Waals surface area contributed by atoms with Crippen molar-refractivity contribution in [3.05, 3.63) is 70.6 Å². The van der Waals surface area contributed by atoms with Crippen LogP contribution in [0.3, 0.4) is 0 Å². The lowest BCUT2D eigenvalue weighted by atomic mass is 9.87. The van der Waals surface area contributed by atoms with Crippen LogP contribution in [0.2, 0.25) is 0 Å². The van der Waals surface area contributed by atoms with Gasteiger partial charge in [0.1, 0.15) is 5.58 Å². The summed E-state index contributed by atoms with van der Waals surface area (Å²) in [6, 6.07) is 4.27. The molecule has 0 radical (unpaired) electrons. The van der Waals surface area contributed by atoms with Gasteiger partial charge in [0.05, 0.1) is 5.56 Å². The second-order valence-electron chi connectivity index (χ2n) is 7.53. The van der Waals surface area contributed by atoms with Gasteiger partial charge in [0.15, 0.2) is 0 Å². The third kappa shape index (κ3) is 2.95. The minimum absolute atomic E-state index is 0.0688. The molecule has 0 spiro atoms. The third-order valence-corrected chi connectivity index (χ3v) is 5.94. The number of nitrogens with zero attached hydrogens (tertiary/aromatic N) is 1. The van der Waals surface area contributed by atoms with E-state index in [9.17, 15) is 4.79 Å². The number of fused-ring (bicyclic) bond motifs is 2. The molecule has 2 aliphatic rings. The van der Waals surface area contributed by atoms with Crippen molar-refractivity contribution in [1.82, 2.24) is 0 Å². The first-order valence-electron chi connectivity index (χ1n) is 9.95. The number of rotatable bonds is 5. The number of hydrogen-bond donors (Lipinski definition) is 0. The number of anilines is 1. The summed E-state index contributed by atoms with van der Waals surface area (Å²) in [4.78, 5) is 15.4. The molecule has 3 nitrogen and oxygen atoms in total. The van der Waals surface area contributed by atoms with Gasteiger partial charge in [0.25, 0.3) is 0 Å². The third-order valence-electron chi connectivity index (χ3n) is 5.94. The highest BCUT2D eigenvalue weighted by Crippen LogP contribution is 2.40. The van der Waals surface area contributed by atoms with Crippen LogP contribution in [0.1, 0.15) is 42.9 Å².